The van der Waals surface area contributed by atoms with E-state index in [-0.39, 0.29) is 22.9 Å². The van der Waals surface area contributed by atoms with Crippen LogP contribution in [0.4, 0.5) is 10.5 Å². The Bertz CT molecular complexity index is 983. The molecule has 1 aliphatic carbocycles. The largest absolute Gasteiger partial charge is 0.508 e. The number of phenolic OH excluding ortho intramolecular Hbond substituents is 1. The molecule has 3 aliphatic rings. The third kappa shape index (κ3) is 2.47. The SMILES string of the molecule is CC1(C)[C@H]2Cc3c(O)cccc3[C@]1(C)CCN2C(=O)N1CCCc2ccccc21. The number of hydrogen-bond donors (Lipinski definition) is 1. The van der Waals surface area contributed by atoms with Crippen LogP contribution in [-0.2, 0) is 18.3 Å². The molecule has 2 amide bonds. The first-order valence-corrected chi connectivity index (χ1v) is 10.8. The van der Waals surface area contributed by atoms with Gasteiger partial charge in [0.2, 0.25) is 0 Å². The number of anilines is 1. The number of carbonyl (C=O) groups excluding carboxylic acids is 1. The first-order valence-electron chi connectivity index (χ1n) is 10.8. The van der Waals surface area contributed by atoms with Crippen molar-refractivity contribution in [3.05, 3.63) is 59.2 Å². The minimum atomic E-state index is -0.0724. The molecule has 2 aromatic carbocycles. The number of aromatic hydroxyl groups is 1. The molecule has 4 nitrogen and oxygen atoms in total. The van der Waals surface area contributed by atoms with Crippen molar-refractivity contribution in [1.82, 2.24) is 4.90 Å². The van der Waals surface area contributed by atoms with Crippen LogP contribution >= 0.6 is 0 Å². The molecule has 4 heteroatoms. The van der Waals surface area contributed by atoms with Crippen molar-refractivity contribution < 1.29 is 9.90 Å². The lowest BCUT2D eigenvalue weighted by atomic mass is 9.51. The summed E-state index contributed by atoms with van der Waals surface area (Å²) in [5.41, 5.74) is 4.48. The molecule has 152 valence electrons. The lowest BCUT2D eigenvalue weighted by Crippen LogP contribution is -2.66. The van der Waals surface area contributed by atoms with Gasteiger partial charge in [0.15, 0.2) is 0 Å². The number of phenols is 1. The van der Waals surface area contributed by atoms with Crippen LogP contribution in [0.25, 0.3) is 0 Å². The summed E-state index contributed by atoms with van der Waals surface area (Å²) in [4.78, 5) is 17.9. The second-order valence-electron chi connectivity index (χ2n) is 9.69. The molecule has 1 N–H and O–H groups in total. The van der Waals surface area contributed by atoms with Crippen molar-refractivity contribution in [2.75, 3.05) is 18.0 Å². The molecule has 2 aliphatic heterocycles. The fourth-order valence-corrected chi connectivity index (χ4v) is 6.04. The van der Waals surface area contributed by atoms with Crippen LogP contribution in [0, 0.1) is 5.41 Å². The summed E-state index contributed by atoms with van der Waals surface area (Å²) in [5.74, 6) is 0.367. The van der Waals surface area contributed by atoms with Gasteiger partial charge in [0, 0.05) is 30.2 Å². The molecule has 0 aromatic heterocycles. The van der Waals surface area contributed by atoms with E-state index in [1.165, 1.54) is 11.1 Å². The van der Waals surface area contributed by atoms with Crippen molar-refractivity contribution in [1.29, 1.82) is 0 Å². The quantitative estimate of drug-likeness (QED) is 0.697. The van der Waals surface area contributed by atoms with Crippen LogP contribution in [0.3, 0.4) is 0 Å². The monoisotopic (exact) mass is 390 g/mol. The van der Waals surface area contributed by atoms with Gasteiger partial charge in [-0.3, -0.25) is 4.90 Å². The van der Waals surface area contributed by atoms with Crippen LogP contribution in [0.2, 0.25) is 0 Å². The average Bonchev–Trinajstić information content (AvgIpc) is 2.70. The molecular formula is C25H30N2O2. The summed E-state index contributed by atoms with van der Waals surface area (Å²) >= 11 is 0. The maximum Gasteiger partial charge on any atom is 0.324 e. The Balaban J connectivity index is 1.55. The number of amides is 2. The Morgan fingerprint density at radius 2 is 1.86 bits per heavy atom. The minimum Gasteiger partial charge on any atom is -0.508 e. The predicted octanol–water partition coefficient (Wildman–Crippen LogP) is 4.88. The van der Waals surface area contributed by atoms with Gasteiger partial charge >= 0.3 is 6.03 Å². The maximum atomic E-state index is 13.8. The van der Waals surface area contributed by atoms with Crippen molar-refractivity contribution in [3.63, 3.8) is 0 Å². The van der Waals surface area contributed by atoms with Crippen LogP contribution in [0.5, 0.6) is 5.75 Å². The fraction of sp³-hybridized carbons (Fsp3) is 0.480. The van der Waals surface area contributed by atoms with Crippen LogP contribution in [0.1, 0.15) is 50.3 Å². The van der Waals surface area contributed by atoms with Crippen molar-refractivity contribution in [3.8, 4) is 5.75 Å². The van der Waals surface area contributed by atoms with Gasteiger partial charge in [0.1, 0.15) is 5.75 Å². The molecule has 5 rings (SSSR count). The van der Waals surface area contributed by atoms with Crippen LogP contribution in [-0.4, -0.2) is 35.2 Å². The summed E-state index contributed by atoms with van der Waals surface area (Å²) in [5, 5.41) is 10.6. The zero-order valence-electron chi connectivity index (χ0n) is 17.6. The van der Waals surface area contributed by atoms with E-state index in [0.29, 0.717) is 12.2 Å². The molecule has 0 unspecified atom stereocenters. The second-order valence-corrected chi connectivity index (χ2v) is 9.69. The molecule has 1 saturated heterocycles. The van der Waals surface area contributed by atoms with E-state index in [4.69, 9.17) is 0 Å². The van der Waals surface area contributed by atoms with Crippen LogP contribution in [0.15, 0.2) is 42.5 Å². The van der Waals surface area contributed by atoms with Crippen molar-refractivity contribution in [2.45, 2.75) is 57.9 Å². The molecule has 2 bridgehead atoms. The molecule has 29 heavy (non-hydrogen) atoms. The Kier molecular flexibility index (Phi) is 4.00. The number of hydrogen-bond acceptors (Lipinski definition) is 2. The number of piperidine rings is 1. The number of nitrogens with zero attached hydrogens (tertiary/aromatic N) is 2. The Labute approximate surface area is 173 Å². The lowest BCUT2D eigenvalue weighted by molar-refractivity contribution is -0.0147. The van der Waals surface area contributed by atoms with E-state index in [1.807, 2.05) is 17.0 Å². The Morgan fingerprint density at radius 3 is 2.69 bits per heavy atom. The first kappa shape index (κ1) is 18.5. The number of carbonyl (C=O) groups is 1. The normalized spacial score (nSPS) is 27.2. The summed E-state index contributed by atoms with van der Waals surface area (Å²) in [6.07, 6.45) is 3.67. The average molecular weight is 391 g/mol. The topological polar surface area (TPSA) is 43.8 Å². The standard InChI is InChI=1S/C25H30N2O2/c1-24(2)22-16-18-19(10-6-12-21(18)28)25(24,3)13-15-27(22)23(29)26-14-7-9-17-8-4-5-11-20(17)26/h4-6,8,10-12,22,28H,7,9,13-16H2,1-3H3/t22-,25+/m1/s1. The number of aryl methyl sites for hydroxylation is 1. The highest BCUT2D eigenvalue weighted by molar-refractivity contribution is 5.93. The molecular weight excluding hydrogens is 360 g/mol. The Morgan fingerprint density at radius 1 is 1.07 bits per heavy atom. The number of urea groups is 1. The highest BCUT2D eigenvalue weighted by Crippen LogP contribution is 2.57. The zero-order valence-corrected chi connectivity index (χ0v) is 17.6. The van der Waals surface area contributed by atoms with Gasteiger partial charge in [-0.1, -0.05) is 51.1 Å². The molecule has 2 heterocycles. The van der Waals surface area contributed by atoms with Crippen molar-refractivity contribution in [2.24, 2.45) is 5.41 Å². The summed E-state index contributed by atoms with van der Waals surface area (Å²) in [6.45, 7) is 8.45. The first-order chi connectivity index (χ1) is 13.8. The van der Waals surface area contributed by atoms with Crippen molar-refractivity contribution >= 4 is 11.7 Å². The number of para-hydroxylation sites is 1. The zero-order chi connectivity index (χ0) is 20.4. The van der Waals surface area contributed by atoms with E-state index in [1.54, 1.807) is 6.07 Å². The van der Waals surface area contributed by atoms with Gasteiger partial charge in [-0.15, -0.1) is 0 Å². The fourth-order valence-electron chi connectivity index (χ4n) is 6.04. The molecule has 0 spiro atoms. The maximum absolute atomic E-state index is 13.8. The molecule has 0 saturated carbocycles. The van der Waals surface area contributed by atoms with E-state index >= 15 is 0 Å². The van der Waals surface area contributed by atoms with Gasteiger partial charge < -0.3 is 10.0 Å². The summed E-state index contributed by atoms with van der Waals surface area (Å²) < 4.78 is 0. The number of fused-ring (bicyclic) bond motifs is 5. The van der Waals surface area contributed by atoms with Gasteiger partial charge in [-0.05, 0) is 59.9 Å². The highest BCUT2D eigenvalue weighted by atomic mass is 16.3. The number of likely N-dealkylation sites (tertiary alicyclic amines) is 1. The predicted molar refractivity (Wildman–Crippen MR) is 116 cm³/mol. The summed E-state index contributed by atoms with van der Waals surface area (Å²) in [6, 6.07) is 14.4. The number of rotatable bonds is 0. The Hall–Kier alpha value is -2.49. The molecule has 2 atom stereocenters. The van der Waals surface area contributed by atoms with Gasteiger partial charge in [0.05, 0.1) is 0 Å². The number of benzene rings is 2. The van der Waals surface area contributed by atoms with E-state index < -0.39 is 0 Å². The van der Waals surface area contributed by atoms with E-state index in [2.05, 4.69) is 49.9 Å². The van der Waals surface area contributed by atoms with Crippen LogP contribution < -0.4 is 4.90 Å². The van der Waals surface area contributed by atoms with Gasteiger partial charge in [-0.2, -0.15) is 0 Å². The van der Waals surface area contributed by atoms with Gasteiger partial charge in [0.25, 0.3) is 0 Å². The van der Waals surface area contributed by atoms with Gasteiger partial charge in [-0.25, -0.2) is 4.79 Å². The van der Waals surface area contributed by atoms with E-state index in [9.17, 15) is 9.90 Å². The lowest BCUT2D eigenvalue weighted by Gasteiger charge is -2.61. The third-order valence-electron chi connectivity index (χ3n) is 8.21. The minimum absolute atomic E-state index is 0.0550. The second kappa shape index (κ2) is 6.25. The highest BCUT2D eigenvalue weighted by Gasteiger charge is 2.57. The molecule has 2 aromatic rings. The molecule has 1 fully saturated rings. The molecule has 0 radical (unpaired) electrons. The van der Waals surface area contributed by atoms with E-state index in [0.717, 1.165) is 43.6 Å². The smallest absolute Gasteiger partial charge is 0.324 e. The summed E-state index contributed by atoms with van der Waals surface area (Å²) in [7, 11) is 0. The third-order valence-corrected chi connectivity index (χ3v) is 8.21.